The normalized spacial score (nSPS) is 12.7. The molecule has 1 rings (SSSR count). The number of hydrogen-bond acceptors (Lipinski definition) is 1. The maximum Gasteiger partial charge on any atom is 0.419 e. The van der Waals surface area contributed by atoms with Gasteiger partial charge in [-0.3, -0.25) is 4.79 Å². The molecule has 0 saturated carbocycles. The number of hydrogen-bond donors (Lipinski definition) is 0. The van der Waals surface area contributed by atoms with Gasteiger partial charge < -0.3 is 0 Å². The molecule has 1 aromatic carbocycles. The number of carbonyl (C=O) groups excluding carboxylic acids is 1. The lowest BCUT2D eigenvalue weighted by Gasteiger charge is -2.05. The van der Waals surface area contributed by atoms with Crippen molar-refractivity contribution in [2.24, 2.45) is 0 Å². The molecule has 0 amide bonds. The van der Waals surface area contributed by atoms with E-state index in [1.807, 2.05) is 0 Å². The molecule has 0 radical (unpaired) electrons. The third-order valence-electron chi connectivity index (χ3n) is 1.82. The number of halogens is 3. The van der Waals surface area contributed by atoms with E-state index in [1.165, 1.54) is 6.07 Å². The fraction of sp³-hybridized carbons (Fsp3) is 0.182. The van der Waals surface area contributed by atoms with E-state index in [0.717, 1.165) is 11.6 Å². The lowest BCUT2D eigenvalue weighted by Crippen LogP contribution is -2.12. The summed E-state index contributed by atoms with van der Waals surface area (Å²) in [5.41, 5.74) is 0.0405. The molecular weight excluding hydrogens is 205 g/mol. The fourth-order valence-electron chi connectivity index (χ4n) is 1.12. The second-order valence-electron chi connectivity index (χ2n) is 3.13. The van der Waals surface area contributed by atoms with Gasteiger partial charge in [0.15, 0.2) is 6.29 Å². The molecule has 0 N–H and O–H groups in total. The summed E-state index contributed by atoms with van der Waals surface area (Å²) in [6.07, 6.45) is -3.94. The van der Waals surface area contributed by atoms with Crippen molar-refractivity contribution >= 4 is 12.4 Å². The van der Waals surface area contributed by atoms with Gasteiger partial charge in [0, 0.05) is 0 Å². The number of rotatable bonds is 2. The summed E-state index contributed by atoms with van der Waals surface area (Å²) in [5.74, 6) is 0. The first kappa shape index (κ1) is 11.5. The third-order valence-corrected chi connectivity index (χ3v) is 1.82. The van der Waals surface area contributed by atoms with Crippen LogP contribution in [0.1, 0.15) is 11.1 Å². The van der Waals surface area contributed by atoms with E-state index >= 15 is 0 Å². The quantitative estimate of drug-likeness (QED) is 0.546. The SMILES string of the molecule is Cc1cccc(/C=C(\C=O)C(F)(F)F)c1. The van der Waals surface area contributed by atoms with Crippen LogP contribution < -0.4 is 0 Å². The first-order chi connectivity index (χ1) is 6.93. The highest BCUT2D eigenvalue weighted by molar-refractivity contribution is 5.83. The Labute approximate surface area is 85.2 Å². The van der Waals surface area contributed by atoms with Gasteiger partial charge in [0.2, 0.25) is 0 Å². The van der Waals surface area contributed by atoms with Crippen LogP contribution in [0.25, 0.3) is 6.08 Å². The molecule has 0 aromatic heterocycles. The summed E-state index contributed by atoms with van der Waals surface area (Å²) >= 11 is 0. The van der Waals surface area contributed by atoms with E-state index in [-0.39, 0.29) is 6.29 Å². The Morgan fingerprint density at radius 2 is 2.00 bits per heavy atom. The van der Waals surface area contributed by atoms with E-state index in [9.17, 15) is 18.0 Å². The largest absolute Gasteiger partial charge is 0.419 e. The molecule has 0 saturated heterocycles. The van der Waals surface area contributed by atoms with Crippen LogP contribution in [0.2, 0.25) is 0 Å². The van der Waals surface area contributed by atoms with Crippen LogP contribution in [0, 0.1) is 6.92 Å². The molecular formula is C11H9F3O. The number of aryl methyl sites for hydroxylation is 1. The molecule has 0 atom stereocenters. The van der Waals surface area contributed by atoms with E-state index in [2.05, 4.69) is 0 Å². The molecule has 80 valence electrons. The monoisotopic (exact) mass is 214 g/mol. The van der Waals surface area contributed by atoms with Crippen molar-refractivity contribution in [3.8, 4) is 0 Å². The van der Waals surface area contributed by atoms with Gasteiger partial charge >= 0.3 is 6.18 Å². The Morgan fingerprint density at radius 1 is 1.33 bits per heavy atom. The van der Waals surface area contributed by atoms with Crippen molar-refractivity contribution in [2.75, 3.05) is 0 Å². The van der Waals surface area contributed by atoms with Crippen LogP contribution in [0.3, 0.4) is 0 Å². The van der Waals surface area contributed by atoms with Crippen molar-refractivity contribution in [2.45, 2.75) is 13.1 Å². The highest BCUT2D eigenvalue weighted by Crippen LogP contribution is 2.25. The molecule has 4 heteroatoms. The van der Waals surface area contributed by atoms with E-state index in [1.54, 1.807) is 25.1 Å². The van der Waals surface area contributed by atoms with Gasteiger partial charge in [-0.05, 0) is 18.6 Å². The summed E-state index contributed by atoms with van der Waals surface area (Å²) in [6.45, 7) is 1.77. The molecule has 0 heterocycles. The molecule has 0 aliphatic rings. The zero-order valence-electron chi connectivity index (χ0n) is 8.01. The lowest BCUT2D eigenvalue weighted by molar-refractivity contribution is -0.118. The predicted molar refractivity (Wildman–Crippen MR) is 51.3 cm³/mol. The minimum absolute atomic E-state index is 0.178. The minimum atomic E-state index is -4.59. The number of carbonyl (C=O) groups is 1. The topological polar surface area (TPSA) is 17.1 Å². The molecule has 0 aliphatic carbocycles. The maximum atomic E-state index is 12.2. The van der Waals surface area contributed by atoms with Crippen LogP contribution in [-0.2, 0) is 4.79 Å². The molecule has 15 heavy (non-hydrogen) atoms. The molecule has 0 fully saturated rings. The van der Waals surface area contributed by atoms with E-state index in [4.69, 9.17) is 0 Å². The predicted octanol–water partition coefficient (Wildman–Crippen LogP) is 3.14. The lowest BCUT2D eigenvalue weighted by atomic mass is 10.1. The van der Waals surface area contributed by atoms with Gasteiger partial charge in [-0.25, -0.2) is 0 Å². The van der Waals surface area contributed by atoms with Gasteiger partial charge in [-0.1, -0.05) is 29.8 Å². The Kier molecular flexibility index (Phi) is 3.29. The van der Waals surface area contributed by atoms with Crippen LogP contribution in [0.15, 0.2) is 29.8 Å². The average Bonchev–Trinajstić information content (AvgIpc) is 2.12. The van der Waals surface area contributed by atoms with Crippen molar-refractivity contribution in [3.05, 3.63) is 41.0 Å². The summed E-state index contributed by atoms with van der Waals surface area (Å²) in [7, 11) is 0. The Bertz CT molecular complexity index is 391. The average molecular weight is 214 g/mol. The molecule has 1 nitrogen and oxygen atoms in total. The summed E-state index contributed by atoms with van der Waals surface area (Å²) in [4.78, 5) is 10.3. The summed E-state index contributed by atoms with van der Waals surface area (Å²) in [5, 5.41) is 0. The second-order valence-corrected chi connectivity index (χ2v) is 3.13. The zero-order chi connectivity index (χ0) is 11.5. The Morgan fingerprint density at radius 3 is 2.47 bits per heavy atom. The highest BCUT2D eigenvalue weighted by Gasteiger charge is 2.33. The fourth-order valence-corrected chi connectivity index (χ4v) is 1.12. The van der Waals surface area contributed by atoms with E-state index in [0.29, 0.717) is 5.56 Å². The number of aldehydes is 1. The van der Waals surface area contributed by atoms with Crippen molar-refractivity contribution in [1.82, 2.24) is 0 Å². The van der Waals surface area contributed by atoms with Gasteiger partial charge in [-0.2, -0.15) is 13.2 Å². The zero-order valence-corrected chi connectivity index (χ0v) is 8.01. The highest BCUT2D eigenvalue weighted by atomic mass is 19.4. The van der Waals surface area contributed by atoms with Crippen molar-refractivity contribution in [1.29, 1.82) is 0 Å². The van der Waals surface area contributed by atoms with Gasteiger partial charge in [0.1, 0.15) is 0 Å². The van der Waals surface area contributed by atoms with Gasteiger partial charge in [0.25, 0.3) is 0 Å². The molecule has 0 bridgehead atoms. The second kappa shape index (κ2) is 4.29. The number of allylic oxidation sites excluding steroid dienone is 1. The van der Waals surface area contributed by atoms with E-state index < -0.39 is 11.7 Å². The first-order valence-electron chi connectivity index (χ1n) is 4.24. The minimum Gasteiger partial charge on any atom is -0.298 e. The Balaban J connectivity index is 3.09. The van der Waals surface area contributed by atoms with Crippen LogP contribution in [0.5, 0.6) is 0 Å². The summed E-state index contributed by atoms with van der Waals surface area (Å²) in [6, 6.07) is 6.50. The van der Waals surface area contributed by atoms with Crippen molar-refractivity contribution in [3.63, 3.8) is 0 Å². The molecule has 0 unspecified atom stereocenters. The van der Waals surface area contributed by atoms with Crippen LogP contribution >= 0.6 is 0 Å². The third kappa shape index (κ3) is 3.23. The van der Waals surface area contributed by atoms with Gasteiger partial charge in [0.05, 0.1) is 5.57 Å². The van der Waals surface area contributed by atoms with Crippen LogP contribution in [-0.4, -0.2) is 12.5 Å². The molecule has 0 aliphatic heterocycles. The first-order valence-corrected chi connectivity index (χ1v) is 4.24. The van der Waals surface area contributed by atoms with Crippen LogP contribution in [0.4, 0.5) is 13.2 Å². The smallest absolute Gasteiger partial charge is 0.298 e. The summed E-state index contributed by atoms with van der Waals surface area (Å²) < 4.78 is 36.6. The molecule has 1 aromatic rings. The Hall–Kier alpha value is -1.58. The number of alkyl halides is 3. The maximum absolute atomic E-state index is 12.2. The number of benzene rings is 1. The molecule has 0 spiro atoms. The van der Waals surface area contributed by atoms with Crippen molar-refractivity contribution < 1.29 is 18.0 Å². The standard InChI is InChI=1S/C11H9F3O/c1-8-3-2-4-9(5-8)6-10(7-15)11(12,13)14/h2-7H,1H3/b10-6+. The van der Waals surface area contributed by atoms with Gasteiger partial charge in [-0.15, -0.1) is 0 Å².